The first-order valence-electron chi connectivity index (χ1n) is 4.16. The molecule has 0 aliphatic carbocycles. The summed E-state index contributed by atoms with van der Waals surface area (Å²) in [5.41, 5.74) is 2.27. The zero-order valence-electron chi connectivity index (χ0n) is 8.10. The van der Waals surface area contributed by atoms with Crippen LogP contribution >= 0.6 is 0 Å². The molecule has 0 N–H and O–H groups in total. The van der Waals surface area contributed by atoms with E-state index < -0.39 is 0 Å². The molecule has 0 saturated carbocycles. The van der Waals surface area contributed by atoms with E-state index in [4.69, 9.17) is 10.5 Å². The maximum absolute atomic E-state index is 8.75. The summed E-state index contributed by atoms with van der Waals surface area (Å²) in [5.74, 6) is 0. The van der Waals surface area contributed by atoms with Crippen molar-refractivity contribution in [2.45, 2.75) is 6.92 Å². The Kier molecular flexibility index (Phi) is 5.19. The van der Waals surface area contributed by atoms with E-state index in [0.29, 0.717) is 0 Å². The summed E-state index contributed by atoms with van der Waals surface area (Å²) in [4.78, 5) is 6.24. The van der Waals surface area contributed by atoms with Gasteiger partial charge in [0, 0.05) is 0 Å². The van der Waals surface area contributed by atoms with Gasteiger partial charge in [-0.05, 0) is 0 Å². The van der Waals surface area contributed by atoms with Gasteiger partial charge in [-0.1, -0.05) is 0 Å². The zero-order chi connectivity index (χ0) is 11.1. The van der Waals surface area contributed by atoms with Gasteiger partial charge < -0.3 is 0 Å². The molecule has 0 aliphatic rings. The molecule has 0 bridgehead atoms. The molecule has 4 heteroatoms. The number of rotatable bonds is 3. The molecule has 0 fully saturated rings. The Morgan fingerprint density at radius 2 is 2.00 bits per heavy atom. The van der Waals surface area contributed by atoms with Crippen LogP contribution < -0.4 is 0 Å². The van der Waals surface area contributed by atoms with Crippen molar-refractivity contribution in [1.29, 1.82) is 10.5 Å². The second kappa shape index (κ2) is 6.46. The summed E-state index contributed by atoms with van der Waals surface area (Å²) in [7, 11) is 0. The van der Waals surface area contributed by atoms with Gasteiger partial charge in [0.05, 0.1) is 0 Å². The molecule has 0 aliphatic heterocycles. The van der Waals surface area contributed by atoms with Crippen molar-refractivity contribution in [3.8, 4) is 9.94 Å². The molecule has 0 saturated heterocycles. The number of nitrogens with zero attached hydrogens (tertiary/aromatic N) is 2. The molecular formula is C11H8N2Se2. The van der Waals surface area contributed by atoms with Crippen molar-refractivity contribution in [2.75, 3.05) is 0 Å². The van der Waals surface area contributed by atoms with Crippen LogP contribution in [0.3, 0.4) is 0 Å². The summed E-state index contributed by atoms with van der Waals surface area (Å²) in [5, 5.41) is 17.3. The Morgan fingerprint density at radius 3 is 2.60 bits per heavy atom. The molecule has 1 aromatic carbocycles. The molecule has 15 heavy (non-hydrogen) atoms. The van der Waals surface area contributed by atoms with E-state index in [2.05, 4.69) is 9.94 Å². The average molecular weight is 326 g/mol. The first kappa shape index (κ1) is 12.1. The maximum atomic E-state index is 8.75. The van der Waals surface area contributed by atoms with Crippen LogP contribution in [0.2, 0.25) is 0 Å². The fourth-order valence-corrected chi connectivity index (χ4v) is 3.79. The fourth-order valence-electron chi connectivity index (χ4n) is 1.12. The molecule has 74 valence electrons. The van der Waals surface area contributed by atoms with Crippen LogP contribution in [-0.2, 0) is 0 Å². The van der Waals surface area contributed by atoms with E-state index in [9.17, 15) is 0 Å². The molecule has 0 heterocycles. The van der Waals surface area contributed by atoms with E-state index in [1.54, 1.807) is 0 Å². The predicted molar refractivity (Wildman–Crippen MR) is 61.9 cm³/mol. The third-order valence-corrected chi connectivity index (χ3v) is 4.87. The summed E-state index contributed by atoms with van der Waals surface area (Å²) in [6.07, 6.45) is 0. The molecule has 0 atom stereocenters. The van der Waals surface area contributed by atoms with Gasteiger partial charge in [0.25, 0.3) is 0 Å². The molecule has 0 unspecified atom stereocenters. The average Bonchev–Trinajstić information content (AvgIpc) is 2.25. The van der Waals surface area contributed by atoms with Crippen LogP contribution in [0.15, 0.2) is 29.2 Å². The molecule has 0 amide bonds. The first-order valence-corrected chi connectivity index (χ1v) is 7.72. The Balaban J connectivity index is 3.06. The topological polar surface area (TPSA) is 47.6 Å². The minimum atomic E-state index is -0.190. The molecule has 1 rings (SSSR count). The van der Waals surface area contributed by atoms with Crippen molar-refractivity contribution in [2.24, 2.45) is 0 Å². The van der Waals surface area contributed by atoms with Crippen LogP contribution in [0.25, 0.3) is 4.47 Å². The quantitative estimate of drug-likeness (QED) is 0.793. The van der Waals surface area contributed by atoms with Gasteiger partial charge in [-0.15, -0.1) is 0 Å². The molecular weight excluding hydrogens is 318 g/mol. The summed E-state index contributed by atoms with van der Waals surface area (Å²) < 4.78 is 1.03. The summed E-state index contributed by atoms with van der Waals surface area (Å²) in [6, 6.07) is 7.97. The second-order valence-corrected chi connectivity index (χ2v) is 5.81. The third kappa shape index (κ3) is 3.55. The number of hydrogen-bond donors (Lipinski definition) is 0. The van der Waals surface area contributed by atoms with E-state index in [1.807, 2.05) is 36.2 Å². The van der Waals surface area contributed by atoms with E-state index in [-0.39, 0.29) is 29.9 Å². The zero-order valence-corrected chi connectivity index (χ0v) is 11.5. The molecule has 2 nitrogen and oxygen atoms in total. The number of aryl methyl sites for hydroxylation is 1. The van der Waals surface area contributed by atoms with Gasteiger partial charge in [0.1, 0.15) is 0 Å². The Labute approximate surface area is 102 Å². The van der Waals surface area contributed by atoms with Gasteiger partial charge in [0.2, 0.25) is 0 Å². The molecule has 0 radical (unpaired) electrons. The van der Waals surface area contributed by atoms with E-state index in [0.717, 1.165) is 15.6 Å². The Morgan fingerprint density at radius 1 is 1.27 bits per heavy atom. The van der Waals surface area contributed by atoms with Gasteiger partial charge in [-0.25, -0.2) is 0 Å². The Bertz CT molecular complexity index is 452. The van der Waals surface area contributed by atoms with Gasteiger partial charge >= 0.3 is 102 Å². The molecule has 1 aromatic rings. The first-order chi connectivity index (χ1) is 7.29. The molecule has 0 spiro atoms. The standard InChI is InChI=1S/C11H8N2Se2/c1-9-4-2-3-5-10(9)11(15-8-13)6-14-7-12/h2-6H,1H3/b11-6+. The van der Waals surface area contributed by atoms with E-state index >= 15 is 0 Å². The predicted octanol–water partition coefficient (Wildman–Crippen LogP) is 1.66. The van der Waals surface area contributed by atoms with Crippen molar-refractivity contribution in [3.05, 3.63) is 40.4 Å². The normalized spacial score (nSPS) is 10.5. The van der Waals surface area contributed by atoms with Crippen molar-refractivity contribution in [3.63, 3.8) is 0 Å². The third-order valence-electron chi connectivity index (χ3n) is 1.78. The SMILES string of the molecule is Cc1ccccc1/C(=C\[Se]C#N)[Se]C#N. The number of benzene rings is 1. The van der Waals surface area contributed by atoms with Gasteiger partial charge in [-0.3, -0.25) is 0 Å². The van der Waals surface area contributed by atoms with Crippen molar-refractivity contribution < 1.29 is 0 Å². The fraction of sp³-hybridized carbons (Fsp3) is 0.0909. The van der Waals surface area contributed by atoms with Crippen molar-refractivity contribution in [1.82, 2.24) is 0 Å². The van der Waals surface area contributed by atoms with Crippen LogP contribution in [0.4, 0.5) is 0 Å². The minimum absolute atomic E-state index is 0.157. The summed E-state index contributed by atoms with van der Waals surface area (Å²) >= 11 is -0.346. The van der Waals surface area contributed by atoms with Crippen LogP contribution in [0.1, 0.15) is 11.1 Å². The van der Waals surface area contributed by atoms with Crippen LogP contribution in [-0.4, -0.2) is 29.9 Å². The van der Waals surface area contributed by atoms with Crippen molar-refractivity contribution >= 4 is 34.4 Å². The van der Waals surface area contributed by atoms with Crippen LogP contribution in [0, 0.1) is 27.4 Å². The second-order valence-electron chi connectivity index (χ2n) is 2.70. The van der Waals surface area contributed by atoms with Gasteiger partial charge in [-0.2, -0.15) is 0 Å². The van der Waals surface area contributed by atoms with E-state index in [1.165, 1.54) is 0 Å². The van der Waals surface area contributed by atoms with Crippen LogP contribution in [0.5, 0.6) is 0 Å². The summed E-state index contributed by atoms with van der Waals surface area (Å²) in [6.45, 7) is 2.02. The van der Waals surface area contributed by atoms with Gasteiger partial charge in [0.15, 0.2) is 0 Å². The molecule has 0 aromatic heterocycles. The number of nitriles is 2. The number of hydrogen-bond acceptors (Lipinski definition) is 2. The Hall–Kier alpha value is -1.02. The monoisotopic (exact) mass is 328 g/mol.